The third-order valence-corrected chi connectivity index (χ3v) is 9.47. The van der Waals surface area contributed by atoms with E-state index in [0.717, 1.165) is 51.4 Å². The Hall–Kier alpha value is -1.58. The second-order valence-electron chi connectivity index (χ2n) is 14.6. The maximum absolute atomic E-state index is 12.6. The Labute approximate surface area is 287 Å². The van der Waals surface area contributed by atoms with Crippen LogP contribution in [0.5, 0.6) is 0 Å². The maximum atomic E-state index is 12.6. The fourth-order valence-corrected chi connectivity index (χ4v) is 5.60. The van der Waals surface area contributed by atoms with Crippen molar-refractivity contribution in [2.75, 3.05) is 0 Å². The highest BCUT2D eigenvalue weighted by Crippen LogP contribution is 2.30. The summed E-state index contributed by atoms with van der Waals surface area (Å²) in [5.74, 6) is -0.409. The highest BCUT2D eigenvalue weighted by molar-refractivity contribution is 5.71. The van der Waals surface area contributed by atoms with Crippen molar-refractivity contribution in [3.05, 3.63) is 24.3 Å². The Morgan fingerprint density at radius 3 is 0.913 bits per heavy atom. The van der Waals surface area contributed by atoms with Crippen LogP contribution in [0.1, 0.15) is 221 Å². The molecule has 0 spiro atoms. The molecular weight excluding hydrogens is 568 g/mol. The van der Waals surface area contributed by atoms with Crippen LogP contribution >= 0.6 is 0 Å². The summed E-state index contributed by atoms with van der Waals surface area (Å²) in [5.41, 5.74) is -1.77. The number of carbonyl (C=O) groups excluding carboxylic acids is 2. The van der Waals surface area contributed by atoms with Gasteiger partial charge in [-0.25, -0.2) is 0 Å². The average molecular weight is 647 g/mol. The van der Waals surface area contributed by atoms with Crippen molar-refractivity contribution < 1.29 is 19.1 Å². The van der Waals surface area contributed by atoms with Gasteiger partial charge in [-0.1, -0.05) is 141 Å². The smallest absolute Gasteiger partial charge is 0.306 e. The first kappa shape index (κ1) is 44.4. The molecule has 0 fully saturated rings. The second kappa shape index (κ2) is 30.7. The first-order valence-electron chi connectivity index (χ1n) is 19.9. The third kappa shape index (κ3) is 27.5. The van der Waals surface area contributed by atoms with Crippen molar-refractivity contribution in [1.82, 2.24) is 0 Å². The number of allylic oxidation sites excluding steroid dienone is 4. The molecule has 0 radical (unpaired) electrons. The Morgan fingerprint density at radius 1 is 0.391 bits per heavy atom. The summed E-state index contributed by atoms with van der Waals surface area (Å²) in [6.07, 6.45) is 42.3. The van der Waals surface area contributed by atoms with E-state index in [0.29, 0.717) is 12.8 Å². The van der Waals surface area contributed by atoms with Crippen molar-refractivity contribution >= 4 is 11.9 Å². The lowest BCUT2D eigenvalue weighted by Crippen LogP contribution is -2.51. The van der Waals surface area contributed by atoms with Gasteiger partial charge in [0.05, 0.1) is 0 Å². The first-order valence-corrected chi connectivity index (χ1v) is 19.9. The lowest BCUT2D eigenvalue weighted by Gasteiger charge is -2.40. The highest BCUT2D eigenvalue weighted by Gasteiger charge is 2.43. The monoisotopic (exact) mass is 647 g/mol. The molecule has 0 saturated heterocycles. The quantitative estimate of drug-likeness (QED) is 0.0404. The molecule has 0 saturated carbocycles. The van der Waals surface area contributed by atoms with Crippen molar-refractivity contribution in [3.63, 3.8) is 0 Å². The Balaban J connectivity index is 3.86. The lowest BCUT2D eigenvalue weighted by molar-refractivity contribution is -0.199. The van der Waals surface area contributed by atoms with Gasteiger partial charge >= 0.3 is 11.9 Å². The van der Waals surface area contributed by atoms with Crippen LogP contribution in [-0.2, 0) is 19.1 Å². The van der Waals surface area contributed by atoms with Crippen LogP contribution in [0.15, 0.2) is 24.3 Å². The van der Waals surface area contributed by atoms with Gasteiger partial charge in [0, 0.05) is 12.8 Å². The van der Waals surface area contributed by atoms with Gasteiger partial charge in [0.1, 0.15) is 11.2 Å². The summed E-state index contributed by atoms with van der Waals surface area (Å²) >= 11 is 0. The summed E-state index contributed by atoms with van der Waals surface area (Å²) in [4.78, 5) is 25.2. The molecule has 0 rings (SSSR count). The molecule has 0 N–H and O–H groups in total. The van der Waals surface area contributed by atoms with Gasteiger partial charge in [0.15, 0.2) is 0 Å². The normalized spacial score (nSPS) is 12.4. The molecule has 0 aliphatic rings. The summed E-state index contributed by atoms with van der Waals surface area (Å²) in [5, 5.41) is 0. The van der Waals surface area contributed by atoms with Crippen molar-refractivity contribution in [2.45, 2.75) is 233 Å². The van der Waals surface area contributed by atoms with Crippen LogP contribution in [0.2, 0.25) is 0 Å². The van der Waals surface area contributed by atoms with Crippen LogP contribution < -0.4 is 0 Å². The van der Waals surface area contributed by atoms with Crippen LogP contribution in [0, 0.1) is 0 Å². The average Bonchev–Trinajstić information content (AvgIpc) is 3.00. The molecule has 0 atom stereocenters. The van der Waals surface area contributed by atoms with Gasteiger partial charge in [-0.05, 0) is 91.9 Å². The van der Waals surface area contributed by atoms with Crippen molar-refractivity contribution in [2.24, 2.45) is 0 Å². The van der Waals surface area contributed by atoms with Crippen molar-refractivity contribution in [1.29, 1.82) is 0 Å². The van der Waals surface area contributed by atoms with E-state index in [1.165, 1.54) is 116 Å². The van der Waals surface area contributed by atoms with Crippen LogP contribution in [0.4, 0.5) is 0 Å². The molecule has 4 nitrogen and oxygen atoms in total. The largest absolute Gasteiger partial charge is 0.455 e. The van der Waals surface area contributed by atoms with E-state index in [-0.39, 0.29) is 11.9 Å². The molecule has 4 heteroatoms. The minimum Gasteiger partial charge on any atom is -0.455 e. The molecule has 0 amide bonds. The lowest BCUT2D eigenvalue weighted by atomic mass is 9.89. The molecule has 0 aromatic carbocycles. The number of ether oxygens (including phenoxy) is 2. The summed E-state index contributed by atoms with van der Waals surface area (Å²) in [6, 6.07) is 0. The van der Waals surface area contributed by atoms with E-state index in [4.69, 9.17) is 9.47 Å². The fourth-order valence-electron chi connectivity index (χ4n) is 5.60. The molecule has 46 heavy (non-hydrogen) atoms. The first-order chi connectivity index (χ1) is 22.2. The van der Waals surface area contributed by atoms with Gasteiger partial charge in [0.25, 0.3) is 0 Å². The van der Waals surface area contributed by atoms with Gasteiger partial charge in [-0.3, -0.25) is 9.59 Å². The summed E-state index contributed by atoms with van der Waals surface area (Å²) < 4.78 is 11.6. The molecule has 0 heterocycles. The molecular formula is C42H78O4. The van der Waals surface area contributed by atoms with Crippen LogP contribution in [-0.4, -0.2) is 23.1 Å². The summed E-state index contributed by atoms with van der Waals surface area (Å²) in [7, 11) is 0. The van der Waals surface area contributed by atoms with E-state index < -0.39 is 11.2 Å². The zero-order valence-electron chi connectivity index (χ0n) is 31.7. The predicted molar refractivity (Wildman–Crippen MR) is 199 cm³/mol. The zero-order chi connectivity index (χ0) is 34.2. The molecule has 0 unspecified atom stereocenters. The molecule has 0 aromatic heterocycles. The number of carbonyl (C=O) groups is 2. The van der Waals surface area contributed by atoms with Crippen LogP contribution in [0.3, 0.4) is 0 Å². The Kier molecular flexibility index (Phi) is 29.7. The topological polar surface area (TPSA) is 52.6 Å². The predicted octanol–water partition coefficient (Wildman–Crippen LogP) is 13.7. The molecule has 0 bridgehead atoms. The fraction of sp³-hybridized carbons (Fsp3) is 0.857. The molecule has 0 aliphatic heterocycles. The van der Waals surface area contributed by atoms with E-state index in [9.17, 15) is 9.59 Å². The van der Waals surface area contributed by atoms with Gasteiger partial charge in [0.2, 0.25) is 0 Å². The second-order valence-corrected chi connectivity index (χ2v) is 14.6. The van der Waals surface area contributed by atoms with E-state index in [1.54, 1.807) is 0 Å². The van der Waals surface area contributed by atoms with Gasteiger partial charge in [-0.2, -0.15) is 0 Å². The minimum atomic E-state index is -0.885. The molecule has 0 aliphatic carbocycles. The molecule has 270 valence electrons. The number of esters is 2. The van der Waals surface area contributed by atoms with E-state index >= 15 is 0 Å². The minimum absolute atomic E-state index is 0.205. The standard InChI is InChI=1S/C42H78O4/c1-7-9-11-13-15-17-19-21-23-25-27-29-31-33-35-37-39(43)45-41(3,4)42(5,6)46-40(44)38-36-34-32-30-28-26-24-22-20-18-16-14-12-10-8-2/h21-24H,7-20,25-38H2,1-6H3/b23-21-,24-22-. The Morgan fingerprint density at radius 2 is 0.630 bits per heavy atom. The van der Waals surface area contributed by atoms with E-state index in [1.807, 2.05) is 27.7 Å². The van der Waals surface area contributed by atoms with Crippen molar-refractivity contribution in [3.8, 4) is 0 Å². The van der Waals surface area contributed by atoms with Crippen LogP contribution in [0.25, 0.3) is 0 Å². The van der Waals surface area contributed by atoms with Gasteiger partial charge in [-0.15, -0.1) is 0 Å². The zero-order valence-corrected chi connectivity index (χ0v) is 31.7. The number of rotatable bonds is 33. The number of hydrogen-bond donors (Lipinski definition) is 0. The number of unbranched alkanes of at least 4 members (excludes halogenated alkanes) is 22. The number of hydrogen-bond acceptors (Lipinski definition) is 4. The Bertz CT molecular complexity index is 700. The maximum Gasteiger partial charge on any atom is 0.306 e. The van der Waals surface area contributed by atoms with Gasteiger partial charge < -0.3 is 9.47 Å². The highest BCUT2D eigenvalue weighted by atomic mass is 16.6. The third-order valence-electron chi connectivity index (χ3n) is 9.47. The molecule has 0 aromatic rings. The SMILES string of the molecule is CCCCCCCC/C=C\CCCCCCCC(=O)OC(C)(C)C(C)(C)OC(=O)CCCCCCC/C=C\CCCCCCCC. The van der Waals surface area contributed by atoms with E-state index in [2.05, 4.69) is 38.2 Å². The summed E-state index contributed by atoms with van der Waals surface area (Å²) in [6.45, 7) is 11.9.